The summed E-state index contributed by atoms with van der Waals surface area (Å²) in [6, 6.07) is 12.3. The Kier molecular flexibility index (Phi) is 3.66. The minimum absolute atomic E-state index is 0.750. The fourth-order valence-electron chi connectivity index (χ4n) is 1.88. The highest BCUT2D eigenvalue weighted by Crippen LogP contribution is 2.26. The van der Waals surface area contributed by atoms with Crippen molar-refractivity contribution >= 4 is 33.0 Å². The standard InChI is InChI=1S/C14H12BrN3S/c15-11-3-1-4-12(7-11)16-8-10-9-17-18-14(10)13-5-2-6-19-13/h1-7,9,16H,8H2,(H,17,18). The lowest BCUT2D eigenvalue weighted by Crippen LogP contribution is -1.99. The molecule has 0 unspecified atom stereocenters. The molecule has 0 saturated carbocycles. The van der Waals surface area contributed by atoms with Crippen molar-refractivity contribution in [2.24, 2.45) is 0 Å². The van der Waals surface area contributed by atoms with E-state index >= 15 is 0 Å². The summed E-state index contributed by atoms with van der Waals surface area (Å²) in [5, 5.41) is 12.7. The second kappa shape index (κ2) is 5.59. The predicted molar refractivity (Wildman–Crippen MR) is 83.4 cm³/mol. The van der Waals surface area contributed by atoms with Crippen LogP contribution in [0.15, 0.2) is 52.4 Å². The molecule has 0 bridgehead atoms. The molecule has 0 saturated heterocycles. The molecule has 0 amide bonds. The maximum atomic E-state index is 4.14. The average Bonchev–Trinajstić information content (AvgIpc) is 3.07. The van der Waals surface area contributed by atoms with Gasteiger partial charge in [-0.2, -0.15) is 5.10 Å². The van der Waals surface area contributed by atoms with Crippen LogP contribution in [0.3, 0.4) is 0 Å². The summed E-state index contributed by atoms with van der Waals surface area (Å²) in [5.74, 6) is 0. The zero-order valence-electron chi connectivity index (χ0n) is 10.1. The molecule has 3 rings (SSSR count). The lowest BCUT2D eigenvalue weighted by molar-refractivity contribution is 1.10. The lowest BCUT2D eigenvalue weighted by Gasteiger charge is -2.06. The molecule has 2 N–H and O–H groups in total. The topological polar surface area (TPSA) is 40.7 Å². The number of aromatic nitrogens is 2. The molecular formula is C14H12BrN3S. The molecular weight excluding hydrogens is 322 g/mol. The summed E-state index contributed by atoms with van der Waals surface area (Å²) >= 11 is 5.18. The molecule has 0 aliphatic rings. The molecule has 0 aliphatic carbocycles. The number of halogens is 1. The number of nitrogens with one attached hydrogen (secondary N) is 2. The van der Waals surface area contributed by atoms with Crippen molar-refractivity contribution in [3.05, 3.63) is 58.0 Å². The van der Waals surface area contributed by atoms with Crippen molar-refractivity contribution in [3.63, 3.8) is 0 Å². The maximum absolute atomic E-state index is 4.14. The Bertz CT molecular complexity index is 661. The van der Waals surface area contributed by atoms with Crippen LogP contribution in [-0.4, -0.2) is 10.2 Å². The van der Waals surface area contributed by atoms with E-state index in [4.69, 9.17) is 0 Å². The number of hydrogen-bond donors (Lipinski definition) is 2. The first kappa shape index (κ1) is 12.4. The molecule has 96 valence electrons. The Morgan fingerprint density at radius 1 is 1.26 bits per heavy atom. The van der Waals surface area contributed by atoms with E-state index in [1.165, 1.54) is 10.4 Å². The van der Waals surface area contributed by atoms with Gasteiger partial charge in [-0.25, -0.2) is 0 Å². The Morgan fingerprint density at radius 3 is 3.00 bits per heavy atom. The van der Waals surface area contributed by atoms with Crippen molar-refractivity contribution in [3.8, 4) is 10.6 Å². The van der Waals surface area contributed by atoms with Crippen LogP contribution in [0.2, 0.25) is 0 Å². The highest BCUT2D eigenvalue weighted by Gasteiger charge is 2.08. The van der Waals surface area contributed by atoms with E-state index in [2.05, 4.69) is 55.0 Å². The third-order valence-electron chi connectivity index (χ3n) is 2.79. The third-order valence-corrected chi connectivity index (χ3v) is 4.17. The molecule has 5 heteroatoms. The molecule has 1 aromatic carbocycles. The zero-order chi connectivity index (χ0) is 13.1. The summed E-state index contributed by atoms with van der Waals surface area (Å²) in [4.78, 5) is 1.21. The van der Waals surface area contributed by atoms with E-state index in [0.717, 1.165) is 22.4 Å². The van der Waals surface area contributed by atoms with Crippen LogP contribution in [0.5, 0.6) is 0 Å². The molecule has 3 aromatic rings. The maximum Gasteiger partial charge on any atom is 0.0799 e. The van der Waals surface area contributed by atoms with Crippen molar-refractivity contribution in [2.75, 3.05) is 5.32 Å². The first-order valence-electron chi connectivity index (χ1n) is 5.88. The van der Waals surface area contributed by atoms with E-state index in [1.54, 1.807) is 11.3 Å². The van der Waals surface area contributed by atoms with Gasteiger partial charge in [0, 0.05) is 22.3 Å². The second-order valence-electron chi connectivity index (χ2n) is 4.11. The van der Waals surface area contributed by atoms with Gasteiger partial charge in [-0.3, -0.25) is 5.10 Å². The number of thiophene rings is 1. The smallest absolute Gasteiger partial charge is 0.0799 e. The SMILES string of the molecule is Brc1cccc(NCc2cn[nH]c2-c2cccs2)c1. The van der Waals surface area contributed by atoms with Gasteiger partial charge in [0.25, 0.3) is 0 Å². The highest BCUT2D eigenvalue weighted by molar-refractivity contribution is 9.10. The first-order valence-corrected chi connectivity index (χ1v) is 7.56. The number of anilines is 1. The van der Waals surface area contributed by atoms with E-state index in [-0.39, 0.29) is 0 Å². The quantitative estimate of drug-likeness (QED) is 0.737. The number of nitrogens with zero attached hydrogens (tertiary/aromatic N) is 1. The Hall–Kier alpha value is -1.59. The minimum atomic E-state index is 0.750. The average molecular weight is 334 g/mol. The zero-order valence-corrected chi connectivity index (χ0v) is 12.5. The largest absolute Gasteiger partial charge is 0.381 e. The summed E-state index contributed by atoms with van der Waals surface area (Å²) in [6.07, 6.45) is 1.88. The predicted octanol–water partition coefficient (Wildman–Crippen LogP) is 4.51. The number of aromatic amines is 1. The molecule has 0 fully saturated rings. The summed E-state index contributed by atoms with van der Waals surface area (Å²) in [5.41, 5.74) is 3.35. The van der Waals surface area contributed by atoms with E-state index in [0.29, 0.717) is 0 Å². The molecule has 2 aromatic heterocycles. The summed E-state index contributed by atoms with van der Waals surface area (Å²) in [6.45, 7) is 0.750. The van der Waals surface area contributed by atoms with E-state index in [1.807, 2.05) is 24.4 Å². The van der Waals surface area contributed by atoms with Gasteiger partial charge in [0.1, 0.15) is 0 Å². The fraction of sp³-hybridized carbons (Fsp3) is 0.0714. The van der Waals surface area contributed by atoms with Gasteiger partial charge < -0.3 is 5.32 Å². The van der Waals surface area contributed by atoms with Gasteiger partial charge in [-0.15, -0.1) is 11.3 Å². The van der Waals surface area contributed by atoms with Gasteiger partial charge >= 0.3 is 0 Å². The normalized spacial score (nSPS) is 10.6. The third kappa shape index (κ3) is 2.88. The number of rotatable bonds is 4. The van der Waals surface area contributed by atoms with Crippen molar-refractivity contribution in [1.29, 1.82) is 0 Å². The molecule has 0 aliphatic heterocycles. The molecule has 2 heterocycles. The van der Waals surface area contributed by atoms with Crippen LogP contribution < -0.4 is 5.32 Å². The monoisotopic (exact) mass is 333 g/mol. The lowest BCUT2D eigenvalue weighted by atomic mass is 10.2. The Balaban J connectivity index is 1.76. The second-order valence-corrected chi connectivity index (χ2v) is 5.97. The molecule has 0 spiro atoms. The number of hydrogen-bond acceptors (Lipinski definition) is 3. The van der Waals surface area contributed by atoms with Crippen molar-refractivity contribution in [2.45, 2.75) is 6.54 Å². The summed E-state index contributed by atoms with van der Waals surface area (Å²) < 4.78 is 1.07. The van der Waals surface area contributed by atoms with Crippen LogP contribution in [0.25, 0.3) is 10.6 Å². The van der Waals surface area contributed by atoms with E-state index < -0.39 is 0 Å². The van der Waals surface area contributed by atoms with Gasteiger partial charge in [-0.05, 0) is 29.6 Å². The Labute approximate surface area is 123 Å². The summed E-state index contributed by atoms with van der Waals surface area (Å²) in [7, 11) is 0. The Morgan fingerprint density at radius 2 is 2.21 bits per heavy atom. The van der Waals surface area contributed by atoms with Gasteiger partial charge in [-0.1, -0.05) is 28.1 Å². The first-order chi connectivity index (χ1) is 9.33. The fourth-order valence-corrected chi connectivity index (χ4v) is 3.03. The van der Waals surface area contributed by atoms with E-state index in [9.17, 15) is 0 Å². The number of benzene rings is 1. The molecule has 19 heavy (non-hydrogen) atoms. The van der Waals surface area contributed by atoms with Crippen LogP contribution in [0.4, 0.5) is 5.69 Å². The van der Waals surface area contributed by atoms with Crippen LogP contribution in [0.1, 0.15) is 5.56 Å². The van der Waals surface area contributed by atoms with Crippen LogP contribution >= 0.6 is 27.3 Å². The van der Waals surface area contributed by atoms with Crippen LogP contribution in [-0.2, 0) is 6.54 Å². The van der Waals surface area contributed by atoms with Crippen molar-refractivity contribution < 1.29 is 0 Å². The minimum Gasteiger partial charge on any atom is -0.381 e. The molecule has 0 radical (unpaired) electrons. The molecule has 0 atom stereocenters. The van der Waals surface area contributed by atoms with Gasteiger partial charge in [0.15, 0.2) is 0 Å². The van der Waals surface area contributed by atoms with Gasteiger partial charge in [0.2, 0.25) is 0 Å². The van der Waals surface area contributed by atoms with Crippen LogP contribution in [0, 0.1) is 0 Å². The number of H-pyrrole nitrogens is 1. The highest BCUT2D eigenvalue weighted by atomic mass is 79.9. The van der Waals surface area contributed by atoms with Gasteiger partial charge in [0.05, 0.1) is 16.8 Å². The van der Waals surface area contributed by atoms with Crippen molar-refractivity contribution in [1.82, 2.24) is 10.2 Å². The molecule has 3 nitrogen and oxygen atoms in total.